The molecular formula is C33H31F4N3O3. The zero-order chi connectivity index (χ0) is 30.9. The maximum atomic E-state index is 14.3. The number of aliphatic hydroxyl groups excluding tert-OH is 1. The van der Waals surface area contributed by atoms with Crippen LogP contribution in [0.3, 0.4) is 0 Å². The van der Waals surface area contributed by atoms with Crippen molar-refractivity contribution in [2.45, 2.75) is 52.8 Å². The van der Waals surface area contributed by atoms with E-state index in [0.29, 0.717) is 40.3 Å². The Balaban J connectivity index is 1.49. The number of nitrogens with zero attached hydrogens (tertiary/aromatic N) is 3. The van der Waals surface area contributed by atoms with Gasteiger partial charge in [0.05, 0.1) is 16.6 Å². The second-order valence-electron chi connectivity index (χ2n) is 11.3. The molecular weight excluding hydrogens is 562 g/mol. The summed E-state index contributed by atoms with van der Waals surface area (Å²) < 4.78 is 61.3. The standard InChI is InChI=1S/C33H31F4N3O3/c1-20-13-26(34)28(38-17-20)19-43-25-11-12-27-29(15-25)40(30(39-27)16-32(2,3)31(41)42)18-21-5-4-6-23(14-21)22-7-9-24(10-8-22)33(35,36)37/h4-15,17,31,41-42H,16,18-19H2,1-3H3. The van der Waals surface area contributed by atoms with Crippen LogP contribution in [0.5, 0.6) is 5.75 Å². The van der Waals surface area contributed by atoms with Crippen molar-refractivity contribution >= 4 is 11.0 Å². The van der Waals surface area contributed by atoms with E-state index >= 15 is 0 Å². The molecule has 0 aliphatic carbocycles. The summed E-state index contributed by atoms with van der Waals surface area (Å²) in [6, 6.07) is 19.2. The Hall–Kier alpha value is -4.28. The largest absolute Gasteiger partial charge is 0.487 e. The van der Waals surface area contributed by atoms with Crippen LogP contribution in [0.4, 0.5) is 17.6 Å². The van der Waals surface area contributed by atoms with E-state index in [1.165, 1.54) is 18.2 Å². The van der Waals surface area contributed by atoms with Gasteiger partial charge >= 0.3 is 6.18 Å². The monoisotopic (exact) mass is 593 g/mol. The predicted molar refractivity (Wildman–Crippen MR) is 155 cm³/mol. The molecule has 0 saturated carbocycles. The molecule has 0 atom stereocenters. The van der Waals surface area contributed by atoms with Gasteiger partial charge in [-0.3, -0.25) is 4.98 Å². The molecule has 224 valence electrons. The molecule has 0 fully saturated rings. The second-order valence-corrected chi connectivity index (χ2v) is 11.3. The number of fused-ring (bicyclic) bond motifs is 1. The van der Waals surface area contributed by atoms with Crippen LogP contribution in [0, 0.1) is 18.2 Å². The summed E-state index contributed by atoms with van der Waals surface area (Å²) in [5.41, 5.74) is 2.89. The number of rotatable bonds is 9. The number of ether oxygens (including phenoxy) is 1. The van der Waals surface area contributed by atoms with Crippen LogP contribution in [-0.4, -0.2) is 31.0 Å². The fraction of sp³-hybridized carbons (Fsp3) is 0.273. The fourth-order valence-corrected chi connectivity index (χ4v) is 4.76. The van der Waals surface area contributed by atoms with Crippen molar-refractivity contribution in [2.75, 3.05) is 0 Å². The maximum absolute atomic E-state index is 14.3. The number of aromatic nitrogens is 3. The highest BCUT2D eigenvalue weighted by atomic mass is 19.4. The van der Waals surface area contributed by atoms with Crippen LogP contribution < -0.4 is 4.74 Å². The van der Waals surface area contributed by atoms with Gasteiger partial charge in [0.15, 0.2) is 6.29 Å². The predicted octanol–water partition coefficient (Wildman–Crippen LogP) is 7.07. The first-order valence-electron chi connectivity index (χ1n) is 13.7. The van der Waals surface area contributed by atoms with Gasteiger partial charge < -0.3 is 19.5 Å². The van der Waals surface area contributed by atoms with E-state index in [4.69, 9.17) is 9.72 Å². The molecule has 6 nitrogen and oxygen atoms in total. The van der Waals surface area contributed by atoms with E-state index in [1.807, 2.05) is 28.8 Å². The first-order valence-corrected chi connectivity index (χ1v) is 13.7. The fourth-order valence-electron chi connectivity index (χ4n) is 4.76. The molecule has 5 aromatic rings. The van der Waals surface area contributed by atoms with Gasteiger partial charge in [0.25, 0.3) is 0 Å². The number of aliphatic hydroxyl groups is 2. The molecule has 0 aliphatic rings. The van der Waals surface area contributed by atoms with Gasteiger partial charge in [-0.05, 0) is 65.6 Å². The molecule has 2 aromatic heterocycles. The highest BCUT2D eigenvalue weighted by molar-refractivity contribution is 5.78. The summed E-state index contributed by atoms with van der Waals surface area (Å²) in [5, 5.41) is 20.0. The van der Waals surface area contributed by atoms with Gasteiger partial charge in [0, 0.05) is 30.6 Å². The van der Waals surface area contributed by atoms with Crippen LogP contribution in [0.25, 0.3) is 22.2 Å². The average molecular weight is 594 g/mol. The lowest BCUT2D eigenvalue weighted by Crippen LogP contribution is -2.32. The zero-order valence-corrected chi connectivity index (χ0v) is 23.9. The van der Waals surface area contributed by atoms with Crippen molar-refractivity contribution < 1.29 is 32.5 Å². The number of halogens is 4. The third-order valence-corrected chi connectivity index (χ3v) is 7.35. The molecule has 5 rings (SSSR count). The van der Waals surface area contributed by atoms with E-state index in [1.54, 1.807) is 45.2 Å². The van der Waals surface area contributed by atoms with Crippen LogP contribution in [0.2, 0.25) is 0 Å². The van der Waals surface area contributed by atoms with E-state index in [9.17, 15) is 27.8 Å². The molecule has 10 heteroatoms. The number of hydrogen-bond donors (Lipinski definition) is 2. The van der Waals surface area contributed by atoms with E-state index in [0.717, 1.165) is 23.3 Å². The van der Waals surface area contributed by atoms with Gasteiger partial charge in [0.2, 0.25) is 0 Å². The van der Waals surface area contributed by atoms with E-state index in [-0.39, 0.29) is 18.7 Å². The van der Waals surface area contributed by atoms with Crippen LogP contribution in [0.1, 0.15) is 42.1 Å². The number of aryl methyl sites for hydroxylation is 1. The third-order valence-electron chi connectivity index (χ3n) is 7.35. The zero-order valence-electron chi connectivity index (χ0n) is 23.9. The Morgan fingerprint density at radius 1 is 0.930 bits per heavy atom. The highest BCUT2D eigenvalue weighted by Crippen LogP contribution is 2.32. The topological polar surface area (TPSA) is 80.4 Å². The molecule has 0 spiro atoms. The minimum absolute atomic E-state index is 0.0719. The summed E-state index contributed by atoms with van der Waals surface area (Å²) in [5.74, 6) is 0.629. The van der Waals surface area contributed by atoms with Gasteiger partial charge in [-0.1, -0.05) is 44.2 Å². The molecule has 0 radical (unpaired) electrons. The third kappa shape index (κ3) is 6.87. The van der Waals surface area contributed by atoms with Crippen molar-refractivity contribution in [1.82, 2.24) is 14.5 Å². The van der Waals surface area contributed by atoms with Crippen molar-refractivity contribution in [3.05, 3.63) is 113 Å². The Morgan fingerprint density at radius 3 is 2.35 bits per heavy atom. The number of imidazole rings is 1. The molecule has 3 aromatic carbocycles. The SMILES string of the molecule is Cc1cnc(COc2ccc3nc(CC(C)(C)C(O)O)n(Cc4cccc(-c5ccc(C(F)(F)F)cc5)c4)c3c2)c(F)c1. The summed E-state index contributed by atoms with van der Waals surface area (Å²) in [7, 11) is 0. The average Bonchev–Trinajstić information content (AvgIpc) is 3.27. The second kappa shape index (κ2) is 11.8. The van der Waals surface area contributed by atoms with Crippen molar-refractivity contribution in [2.24, 2.45) is 5.41 Å². The number of pyridine rings is 1. The molecule has 2 heterocycles. The lowest BCUT2D eigenvalue weighted by Gasteiger charge is -2.26. The van der Waals surface area contributed by atoms with Crippen LogP contribution in [0.15, 0.2) is 79.0 Å². The number of alkyl halides is 3. The lowest BCUT2D eigenvalue weighted by molar-refractivity contribution is -0.137. The van der Waals surface area contributed by atoms with Gasteiger partial charge in [-0.15, -0.1) is 0 Å². The number of hydrogen-bond acceptors (Lipinski definition) is 5. The smallest absolute Gasteiger partial charge is 0.416 e. The van der Waals surface area contributed by atoms with E-state index in [2.05, 4.69) is 4.98 Å². The molecule has 0 aliphatic heterocycles. The highest BCUT2D eigenvalue weighted by Gasteiger charge is 2.30. The Morgan fingerprint density at radius 2 is 1.67 bits per heavy atom. The minimum Gasteiger partial charge on any atom is -0.487 e. The number of benzene rings is 3. The Bertz CT molecular complexity index is 1750. The summed E-state index contributed by atoms with van der Waals surface area (Å²) >= 11 is 0. The Kier molecular flexibility index (Phi) is 8.27. The van der Waals surface area contributed by atoms with Crippen LogP contribution in [-0.2, 0) is 25.7 Å². The summed E-state index contributed by atoms with van der Waals surface area (Å²) in [4.78, 5) is 8.90. The van der Waals surface area contributed by atoms with Gasteiger partial charge in [-0.2, -0.15) is 13.2 Å². The molecule has 0 amide bonds. The molecule has 43 heavy (non-hydrogen) atoms. The van der Waals surface area contributed by atoms with Crippen molar-refractivity contribution in [3.8, 4) is 16.9 Å². The normalized spacial score (nSPS) is 12.3. The lowest BCUT2D eigenvalue weighted by atomic mass is 9.88. The quantitative estimate of drug-likeness (QED) is 0.141. The first-order chi connectivity index (χ1) is 20.3. The van der Waals surface area contributed by atoms with Gasteiger partial charge in [0.1, 0.15) is 29.7 Å². The van der Waals surface area contributed by atoms with Gasteiger partial charge in [-0.25, -0.2) is 9.37 Å². The molecule has 0 bridgehead atoms. The van der Waals surface area contributed by atoms with Crippen molar-refractivity contribution in [3.63, 3.8) is 0 Å². The summed E-state index contributed by atoms with van der Waals surface area (Å²) in [6.07, 6.45) is -4.18. The van der Waals surface area contributed by atoms with Crippen molar-refractivity contribution in [1.29, 1.82) is 0 Å². The maximum Gasteiger partial charge on any atom is 0.416 e. The first kappa shape index (κ1) is 30.2. The Labute approximate surface area is 246 Å². The molecule has 0 unspecified atom stereocenters. The van der Waals surface area contributed by atoms with E-state index < -0.39 is 29.3 Å². The molecule has 0 saturated heterocycles. The molecule has 2 N–H and O–H groups in total. The summed E-state index contributed by atoms with van der Waals surface area (Å²) in [6.45, 7) is 5.48. The van der Waals surface area contributed by atoms with Crippen LogP contribution >= 0.6 is 0 Å². The minimum atomic E-state index is -4.41.